The van der Waals surface area contributed by atoms with Crippen molar-refractivity contribution in [2.75, 3.05) is 0 Å². The average molecular weight is 251 g/mol. The van der Waals surface area contributed by atoms with Gasteiger partial charge in [0.2, 0.25) is 0 Å². The highest BCUT2D eigenvalue weighted by molar-refractivity contribution is 9.10. The first-order valence-corrected chi connectivity index (χ1v) is 4.86. The van der Waals surface area contributed by atoms with Crippen LogP contribution in [0.4, 0.5) is 0 Å². The van der Waals surface area contributed by atoms with Crippen LogP contribution in [0, 0.1) is 0 Å². The molecule has 3 nitrogen and oxygen atoms in total. The van der Waals surface area contributed by atoms with Crippen LogP contribution < -0.4 is 0 Å². The fraction of sp³-hybridized carbons (Fsp3) is 0. The number of rotatable bonds is 2. The monoisotopic (exact) mass is 250 g/mol. The highest BCUT2D eigenvalue weighted by Gasteiger charge is 2.02. The molecule has 0 amide bonds. The minimum absolute atomic E-state index is 0.548. The Labute approximate surface area is 89.5 Å². The second kappa shape index (κ2) is 3.75. The molecule has 0 spiro atoms. The molecule has 1 aromatic heterocycles. The van der Waals surface area contributed by atoms with Crippen molar-refractivity contribution >= 4 is 22.2 Å². The predicted octanol–water partition coefficient (Wildman–Crippen LogP) is 2.45. The Morgan fingerprint density at radius 1 is 1.21 bits per heavy atom. The topological polar surface area (TPSA) is 34.9 Å². The Morgan fingerprint density at radius 3 is 2.57 bits per heavy atom. The highest BCUT2D eigenvalue weighted by Crippen LogP contribution is 2.14. The molecule has 1 aromatic carbocycles. The number of nitrogens with zero attached hydrogens (tertiary/aromatic N) is 2. The van der Waals surface area contributed by atoms with Gasteiger partial charge in [0.15, 0.2) is 6.29 Å². The lowest BCUT2D eigenvalue weighted by atomic mass is 10.3. The molecular formula is C10H7BrN2O. The van der Waals surface area contributed by atoms with Crippen LogP contribution in [0.3, 0.4) is 0 Å². The first-order chi connectivity index (χ1) is 6.81. The van der Waals surface area contributed by atoms with Crippen molar-refractivity contribution in [3.8, 4) is 5.69 Å². The minimum atomic E-state index is 0.548. The van der Waals surface area contributed by atoms with Crippen molar-refractivity contribution < 1.29 is 4.79 Å². The van der Waals surface area contributed by atoms with Crippen molar-refractivity contribution in [3.63, 3.8) is 0 Å². The van der Waals surface area contributed by atoms with Gasteiger partial charge in [-0.1, -0.05) is 15.9 Å². The number of aldehydes is 1. The Morgan fingerprint density at radius 2 is 1.93 bits per heavy atom. The third-order valence-electron chi connectivity index (χ3n) is 1.86. The van der Waals surface area contributed by atoms with Crippen molar-refractivity contribution in [1.29, 1.82) is 0 Å². The van der Waals surface area contributed by atoms with Gasteiger partial charge < -0.3 is 0 Å². The quantitative estimate of drug-likeness (QED) is 0.768. The molecule has 0 aliphatic rings. The maximum atomic E-state index is 10.7. The van der Waals surface area contributed by atoms with Crippen LogP contribution in [-0.4, -0.2) is 16.1 Å². The first kappa shape index (κ1) is 9.15. The number of hydrogen-bond acceptors (Lipinski definition) is 2. The van der Waals surface area contributed by atoms with Gasteiger partial charge in [-0.15, -0.1) is 0 Å². The SMILES string of the molecule is O=Cc1ccnn1-c1ccc(Br)cc1. The molecule has 2 aromatic rings. The summed E-state index contributed by atoms with van der Waals surface area (Å²) in [5.41, 5.74) is 1.42. The van der Waals surface area contributed by atoms with Gasteiger partial charge in [0.25, 0.3) is 0 Å². The number of carbonyl (C=O) groups excluding carboxylic acids is 1. The van der Waals surface area contributed by atoms with Crippen LogP contribution in [0.15, 0.2) is 41.0 Å². The summed E-state index contributed by atoms with van der Waals surface area (Å²) in [6.45, 7) is 0. The zero-order valence-corrected chi connectivity index (χ0v) is 8.81. The predicted molar refractivity (Wildman–Crippen MR) is 56.7 cm³/mol. The molecule has 0 aliphatic carbocycles. The van der Waals surface area contributed by atoms with E-state index in [4.69, 9.17) is 0 Å². The lowest BCUT2D eigenvalue weighted by Gasteiger charge is -2.02. The van der Waals surface area contributed by atoms with Crippen LogP contribution in [-0.2, 0) is 0 Å². The Kier molecular flexibility index (Phi) is 2.45. The second-order valence-electron chi connectivity index (χ2n) is 2.76. The van der Waals surface area contributed by atoms with E-state index < -0.39 is 0 Å². The summed E-state index contributed by atoms with van der Waals surface area (Å²) in [7, 11) is 0. The Hall–Kier alpha value is -1.42. The van der Waals surface area contributed by atoms with Gasteiger partial charge in [0.1, 0.15) is 5.69 Å². The van der Waals surface area contributed by atoms with Crippen molar-refractivity contribution in [1.82, 2.24) is 9.78 Å². The molecule has 0 N–H and O–H groups in total. The van der Waals surface area contributed by atoms with Gasteiger partial charge >= 0.3 is 0 Å². The van der Waals surface area contributed by atoms with Crippen molar-refractivity contribution in [3.05, 3.63) is 46.7 Å². The molecule has 4 heteroatoms. The van der Waals surface area contributed by atoms with E-state index in [0.717, 1.165) is 16.4 Å². The summed E-state index contributed by atoms with van der Waals surface area (Å²) in [5.74, 6) is 0. The Bertz CT molecular complexity index is 447. The van der Waals surface area contributed by atoms with Gasteiger partial charge in [-0.2, -0.15) is 5.10 Å². The first-order valence-electron chi connectivity index (χ1n) is 4.06. The number of carbonyl (C=O) groups is 1. The third kappa shape index (κ3) is 1.61. The molecule has 0 saturated carbocycles. The van der Waals surface area contributed by atoms with E-state index >= 15 is 0 Å². The molecule has 0 atom stereocenters. The normalized spacial score (nSPS) is 10.1. The third-order valence-corrected chi connectivity index (χ3v) is 2.39. The molecule has 2 rings (SSSR count). The zero-order chi connectivity index (χ0) is 9.97. The van der Waals surface area contributed by atoms with E-state index in [0.29, 0.717) is 5.69 Å². The summed E-state index contributed by atoms with van der Waals surface area (Å²) < 4.78 is 2.60. The lowest BCUT2D eigenvalue weighted by molar-refractivity contribution is 0.111. The summed E-state index contributed by atoms with van der Waals surface area (Å²) >= 11 is 3.35. The number of aromatic nitrogens is 2. The zero-order valence-electron chi connectivity index (χ0n) is 7.22. The molecule has 0 radical (unpaired) electrons. The Balaban J connectivity index is 2.49. The van der Waals surface area contributed by atoms with Crippen LogP contribution in [0.2, 0.25) is 0 Å². The molecular weight excluding hydrogens is 244 g/mol. The van der Waals surface area contributed by atoms with Crippen LogP contribution in [0.5, 0.6) is 0 Å². The molecule has 0 aliphatic heterocycles. The summed E-state index contributed by atoms with van der Waals surface area (Å²) in [4.78, 5) is 10.7. The molecule has 0 saturated heterocycles. The standard InChI is InChI=1S/C10H7BrN2O/c11-8-1-3-9(4-2-8)13-10(7-14)5-6-12-13/h1-7H. The highest BCUT2D eigenvalue weighted by atomic mass is 79.9. The maximum absolute atomic E-state index is 10.7. The van der Waals surface area contributed by atoms with Crippen molar-refractivity contribution in [2.24, 2.45) is 0 Å². The number of halogens is 1. The summed E-state index contributed by atoms with van der Waals surface area (Å²) in [6, 6.07) is 9.28. The number of benzene rings is 1. The van der Waals surface area contributed by atoms with E-state index in [-0.39, 0.29) is 0 Å². The van der Waals surface area contributed by atoms with Crippen molar-refractivity contribution in [2.45, 2.75) is 0 Å². The van der Waals surface area contributed by atoms with Gasteiger partial charge in [0.05, 0.1) is 11.9 Å². The van der Waals surface area contributed by atoms with Gasteiger partial charge in [-0.25, -0.2) is 4.68 Å². The van der Waals surface area contributed by atoms with E-state index in [2.05, 4.69) is 21.0 Å². The van der Waals surface area contributed by atoms with Gasteiger partial charge in [-0.05, 0) is 30.3 Å². The maximum Gasteiger partial charge on any atom is 0.168 e. The smallest absolute Gasteiger partial charge is 0.168 e. The fourth-order valence-electron chi connectivity index (χ4n) is 1.20. The molecule has 0 fully saturated rings. The molecule has 1 heterocycles. The fourth-order valence-corrected chi connectivity index (χ4v) is 1.47. The van der Waals surface area contributed by atoms with Crippen LogP contribution in [0.1, 0.15) is 10.5 Å². The van der Waals surface area contributed by atoms with Gasteiger partial charge in [0, 0.05) is 4.47 Å². The molecule has 70 valence electrons. The largest absolute Gasteiger partial charge is 0.296 e. The molecule has 0 bridgehead atoms. The summed E-state index contributed by atoms with van der Waals surface area (Å²) in [5, 5.41) is 4.06. The molecule has 0 unspecified atom stereocenters. The van der Waals surface area contributed by atoms with E-state index in [1.807, 2.05) is 24.3 Å². The van der Waals surface area contributed by atoms with Gasteiger partial charge in [-0.3, -0.25) is 4.79 Å². The summed E-state index contributed by atoms with van der Waals surface area (Å²) in [6.07, 6.45) is 2.39. The molecule has 14 heavy (non-hydrogen) atoms. The van der Waals surface area contributed by atoms with Crippen LogP contribution in [0.25, 0.3) is 5.69 Å². The number of hydrogen-bond donors (Lipinski definition) is 0. The second-order valence-corrected chi connectivity index (χ2v) is 3.68. The van der Waals surface area contributed by atoms with E-state index in [1.165, 1.54) is 0 Å². The van der Waals surface area contributed by atoms with E-state index in [1.54, 1.807) is 16.9 Å². The van der Waals surface area contributed by atoms with Crippen LogP contribution >= 0.6 is 15.9 Å². The lowest BCUT2D eigenvalue weighted by Crippen LogP contribution is -2.00. The minimum Gasteiger partial charge on any atom is -0.296 e. The average Bonchev–Trinajstić information content (AvgIpc) is 2.67. The van der Waals surface area contributed by atoms with E-state index in [9.17, 15) is 4.79 Å².